The summed E-state index contributed by atoms with van der Waals surface area (Å²) in [5.74, 6) is 0.714. The predicted molar refractivity (Wildman–Crippen MR) is 146 cm³/mol. The Morgan fingerprint density at radius 3 is 2.62 bits per heavy atom. The summed E-state index contributed by atoms with van der Waals surface area (Å²) >= 11 is 7.44. The Kier molecular flexibility index (Phi) is 7.01. The number of ether oxygens (including phenoxy) is 2. The number of nitrogens with one attached hydrogen (secondary N) is 1. The van der Waals surface area contributed by atoms with Gasteiger partial charge in [-0.25, -0.2) is 4.79 Å². The van der Waals surface area contributed by atoms with Gasteiger partial charge in [-0.1, -0.05) is 28.9 Å². The maximum absolute atomic E-state index is 12.7. The van der Waals surface area contributed by atoms with Crippen LogP contribution >= 0.6 is 22.9 Å². The minimum absolute atomic E-state index is 0.0668. The molecule has 0 radical (unpaired) electrons. The van der Waals surface area contributed by atoms with Gasteiger partial charge in [0.05, 0.1) is 39.9 Å². The molecule has 12 heteroatoms. The zero-order valence-corrected chi connectivity index (χ0v) is 22.1. The first-order chi connectivity index (χ1) is 19.0. The zero-order chi connectivity index (χ0) is 26.8. The van der Waals surface area contributed by atoms with Crippen molar-refractivity contribution in [1.29, 1.82) is 0 Å². The molecular formula is C27H22ClN5O5S. The molecule has 3 aromatic heterocycles. The third kappa shape index (κ3) is 5.51. The summed E-state index contributed by atoms with van der Waals surface area (Å²) < 4.78 is 18.7. The molecule has 0 atom stereocenters. The smallest absolute Gasteiger partial charge is 0.389 e. The third-order valence-electron chi connectivity index (χ3n) is 6.18. The van der Waals surface area contributed by atoms with Crippen molar-refractivity contribution >= 4 is 51.5 Å². The predicted octanol–water partition coefficient (Wildman–Crippen LogP) is 5.54. The van der Waals surface area contributed by atoms with Gasteiger partial charge in [0.2, 0.25) is 0 Å². The van der Waals surface area contributed by atoms with E-state index in [0.717, 1.165) is 10.4 Å². The van der Waals surface area contributed by atoms with E-state index in [2.05, 4.69) is 15.6 Å². The standard InChI is InChI=1S/C27H22ClN5O5S/c28-24-10-9-23(39-24)22-15-19(31-38-22)16-33-21-4-2-1-3-20(21)25(30-33)37-27(35)29-18-7-5-17(6-8-18)26(34)32-11-13-36-14-12-32/h1-10,15H,11-14,16H2,(H,29,35). The minimum atomic E-state index is -0.698. The minimum Gasteiger partial charge on any atom is -0.389 e. The Hall–Kier alpha value is -4.19. The van der Waals surface area contributed by atoms with Crippen LogP contribution in [0.15, 0.2) is 71.3 Å². The molecule has 2 aromatic carbocycles. The fourth-order valence-electron chi connectivity index (χ4n) is 4.27. The number of morpholine rings is 1. The first kappa shape index (κ1) is 25.1. The number of nitrogens with zero attached hydrogens (tertiary/aromatic N) is 4. The van der Waals surface area contributed by atoms with Crippen LogP contribution in [0.5, 0.6) is 5.88 Å². The second-order valence-corrected chi connectivity index (χ2v) is 10.5. The van der Waals surface area contributed by atoms with Crippen LogP contribution in [0.3, 0.4) is 0 Å². The lowest BCUT2D eigenvalue weighted by Gasteiger charge is -2.26. The van der Waals surface area contributed by atoms with Crippen LogP contribution in [-0.2, 0) is 11.3 Å². The normalized spacial score (nSPS) is 13.5. The van der Waals surface area contributed by atoms with Crippen LogP contribution in [0, 0.1) is 0 Å². The molecule has 6 rings (SSSR count). The van der Waals surface area contributed by atoms with Crippen molar-refractivity contribution < 1.29 is 23.6 Å². The molecule has 2 amide bonds. The number of benzene rings is 2. The van der Waals surface area contributed by atoms with Crippen LogP contribution in [0.25, 0.3) is 21.5 Å². The lowest BCUT2D eigenvalue weighted by atomic mass is 10.1. The van der Waals surface area contributed by atoms with Crippen molar-refractivity contribution in [1.82, 2.24) is 19.8 Å². The third-order valence-corrected chi connectivity index (χ3v) is 7.42. The second kappa shape index (κ2) is 10.9. The molecule has 0 bridgehead atoms. The number of rotatable bonds is 6. The van der Waals surface area contributed by atoms with E-state index in [0.29, 0.717) is 65.3 Å². The van der Waals surface area contributed by atoms with E-state index in [1.54, 1.807) is 39.9 Å². The fourth-order valence-corrected chi connectivity index (χ4v) is 5.26. The molecule has 198 valence electrons. The van der Waals surface area contributed by atoms with Gasteiger partial charge in [0.15, 0.2) is 5.76 Å². The highest BCUT2D eigenvalue weighted by Crippen LogP contribution is 2.32. The maximum Gasteiger partial charge on any atom is 0.418 e. The lowest BCUT2D eigenvalue weighted by molar-refractivity contribution is 0.0303. The average Bonchev–Trinajstić information content (AvgIpc) is 3.69. The van der Waals surface area contributed by atoms with Crippen molar-refractivity contribution in [3.05, 3.63) is 82.3 Å². The van der Waals surface area contributed by atoms with Gasteiger partial charge in [-0.3, -0.25) is 14.8 Å². The monoisotopic (exact) mass is 563 g/mol. The van der Waals surface area contributed by atoms with Gasteiger partial charge in [-0.05, 0) is 48.5 Å². The first-order valence-electron chi connectivity index (χ1n) is 12.2. The number of carbonyl (C=O) groups excluding carboxylic acids is 2. The van der Waals surface area contributed by atoms with E-state index in [1.807, 2.05) is 36.4 Å². The Morgan fingerprint density at radius 2 is 1.85 bits per heavy atom. The molecule has 5 aromatic rings. The number of hydrogen-bond donors (Lipinski definition) is 1. The Balaban J connectivity index is 1.14. The summed E-state index contributed by atoms with van der Waals surface area (Å²) in [5.41, 5.74) is 2.46. The molecule has 0 aliphatic carbocycles. The number of amides is 2. The van der Waals surface area contributed by atoms with Gasteiger partial charge in [0.25, 0.3) is 11.8 Å². The van der Waals surface area contributed by atoms with E-state index in [1.165, 1.54) is 11.3 Å². The van der Waals surface area contributed by atoms with Crippen LogP contribution < -0.4 is 10.1 Å². The highest BCUT2D eigenvalue weighted by Gasteiger charge is 2.20. The van der Waals surface area contributed by atoms with E-state index < -0.39 is 6.09 Å². The largest absolute Gasteiger partial charge is 0.418 e. The SMILES string of the molecule is O=C(Nc1ccc(C(=O)N2CCOCC2)cc1)Oc1nn(Cc2cc(-c3ccc(Cl)s3)on2)c2ccccc12. The van der Waals surface area contributed by atoms with Crippen molar-refractivity contribution in [2.75, 3.05) is 31.6 Å². The molecule has 1 saturated heterocycles. The molecule has 1 aliphatic heterocycles. The number of aromatic nitrogens is 3. The highest BCUT2D eigenvalue weighted by molar-refractivity contribution is 7.19. The Labute approximate surface area is 231 Å². The van der Waals surface area contributed by atoms with Crippen LogP contribution in [-0.4, -0.2) is 58.1 Å². The van der Waals surface area contributed by atoms with Gasteiger partial charge in [-0.2, -0.15) is 0 Å². The van der Waals surface area contributed by atoms with Crippen molar-refractivity contribution in [2.45, 2.75) is 6.54 Å². The molecule has 1 fully saturated rings. The van der Waals surface area contributed by atoms with Crippen LogP contribution in [0.4, 0.5) is 10.5 Å². The molecule has 39 heavy (non-hydrogen) atoms. The summed E-state index contributed by atoms with van der Waals surface area (Å²) in [6.45, 7) is 2.50. The summed E-state index contributed by atoms with van der Waals surface area (Å²) in [7, 11) is 0. The molecule has 4 heterocycles. The van der Waals surface area contributed by atoms with Gasteiger partial charge in [0, 0.05) is 30.4 Å². The van der Waals surface area contributed by atoms with Gasteiger partial charge in [-0.15, -0.1) is 16.4 Å². The Morgan fingerprint density at radius 1 is 1.05 bits per heavy atom. The van der Waals surface area contributed by atoms with Crippen LogP contribution in [0.2, 0.25) is 4.34 Å². The molecule has 0 unspecified atom stereocenters. The zero-order valence-electron chi connectivity index (χ0n) is 20.5. The lowest BCUT2D eigenvalue weighted by Crippen LogP contribution is -2.40. The quantitative estimate of drug-likeness (QED) is 0.289. The number of fused-ring (bicyclic) bond motifs is 1. The van der Waals surface area contributed by atoms with Crippen molar-refractivity contribution in [2.24, 2.45) is 0 Å². The van der Waals surface area contributed by atoms with Gasteiger partial charge >= 0.3 is 6.09 Å². The number of halogens is 1. The first-order valence-corrected chi connectivity index (χ1v) is 13.4. The van der Waals surface area contributed by atoms with Gasteiger partial charge < -0.3 is 18.9 Å². The molecule has 0 saturated carbocycles. The number of thiophene rings is 1. The summed E-state index contributed by atoms with van der Waals surface area (Å²) in [6, 6.07) is 19.6. The molecule has 1 aliphatic rings. The average molecular weight is 564 g/mol. The summed E-state index contributed by atoms with van der Waals surface area (Å²) in [4.78, 5) is 28.0. The van der Waals surface area contributed by atoms with E-state index in [9.17, 15) is 9.59 Å². The maximum atomic E-state index is 12.7. The van der Waals surface area contributed by atoms with Crippen molar-refractivity contribution in [3.8, 4) is 16.5 Å². The second-order valence-electron chi connectivity index (χ2n) is 8.76. The molecule has 1 N–H and O–H groups in total. The van der Waals surface area contributed by atoms with E-state index in [-0.39, 0.29) is 11.8 Å². The number of carbonyl (C=O) groups is 2. The number of para-hydroxylation sites is 1. The topological polar surface area (TPSA) is 112 Å². The van der Waals surface area contributed by atoms with E-state index >= 15 is 0 Å². The highest BCUT2D eigenvalue weighted by atomic mass is 35.5. The molecular weight excluding hydrogens is 542 g/mol. The Bertz CT molecular complexity index is 1640. The number of hydrogen-bond acceptors (Lipinski definition) is 8. The van der Waals surface area contributed by atoms with Gasteiger partial charge in [0.1, 0.15) is 5.69 Å². The van der Waals surface area contributed by atoms with Crippen molar-refractivity contribution in [3.63, 3.8) is 0 Å². The van der Waals surface area contributed by atoms with E-state index in [4.69, 9.17) is 25.6 Å². The number of anilines is 1. The summed E-state index contributed by atoms with van der Waals surface area (Å²) in [5, 5.41) is 12.0. The molecule has 0 spiro atoms. The fraction of sp³-hybridized carbons (Fsp3) is 0.185. The molecule has 10 nitrogen and oxygen atoms in total. The van der Waals surface area contributed by atoms with Crippen LogP contribution in [0.1, 0.15) is 16.1 Å². The summed E-state index contributed by atoms with van der Waals surface area (Å²) in [6.07, 6.45) is -0.698.